The van der Waals surface area contributed by atoms with E-state index in [0.29, 0.717) is 18.8 Å². The van der Waals surface area contributed by atoms with Gasteiger partial charge in [0.1, 0.15) is 5.75 Å². The summed E-state index contributed by atoms with van der Waals surface area (Å²) in [7, 11) is 0. The fourth-order valence-corrected chi connectivity index (χ4v) is 1.97. The zero-order valence-electron chi connectivity index (χ0n) is 11.4. The maximum absolute atomic E-state index is 12.0. The number of piperazine rings is 1. The monoisotopic (exact) mass is 317 g/mol. The highest BCUT2D eigenvalue weighted by Crippen LogP contribution is 2.23. The highest BCUT2D eigenvalue weighted by Gasteiger charge is 2.31. The quantitative estimate of drug-likeness (QED) is 0.868. The van der Waals surface area contributed by atoms with Crippen LogP contribution in [0.3, 0.4) is 0 Å². The van der Waals surface area contributed by atoms with E-state index in [0.717, 1.165) is 12.1 Å². The normalized spacial score (nSPS) is 16.0. The van der Waals surface area contributed by atoms with Crippen molar-refractivity contribution in [2.45, 2.75) is 6.36 Å². The van der Waals surface area contributed by atoms with Crippen molar-refractivity contribution in [3.63, 3.8) is 0 Å². The van der Waals surface area contributed by atoms with Crippen molar-refractivity contribution in [1.82, 2.24) is 10.2 Å². The number of amides is 2. The summed E-state index contributed by atoms with van der Waals surface area (Å²) >= 11 is 0. The molecular formula is C13H14F3N3O3. The van der Waals surface area contributed by atoms with E-state index in [1.165, 1.54) is 12.1 Å². The van der Waals surface area contributed by atoms with Crippen molar-refractivity contribution in [1.29, 1.82) is 0 Å². The lowest BCUT2D eigenvalue weighted by Crippen LogP contribution is -2.49. The van der Waals surface area contributed by atoms with E-state index < -0.39 is 6.36 Å². The highest BCUT2D eigenvalue weighted by atomic mass is 19.4. The number of benzene rings is 1. The van der Waals surface area contributed by atoms with Gasteiger partial charge in [-0.1, -0.05) is 0 Å². The Morgan fingerprint density at radius 3 is 2.59 bits per heavy atom. The van der Waals surface area contributed by atoms with Gasteiger partial charge in [0, 0.05) is 18.8 Å². The number of carbonyl (C=O) groups is 2. The molecule has 0 bridgehead atoms. The minimum absolute atomic E-state index is 0.0359. The minimum Gasteiger partial charge on any atom is -0.406 e. The van der Waals surface area contributed by atoms with Crippen LogP contribution in [-0.4, -0.2) is 49.3 Å². The average Bonchev–Trinajstić information content (AvgIpc) is 2.39. The lowest BCUT2D eigenvalue weighted by atomic mass is 10.3. The van der Waals surface area contributed by atoms with Crippen molar-refractivity contribution in [2.24, 2.45) is 0 Å². The number of halogens is 3. The molecule has 120 valence electrons. The van der Waals surface area contributed by atoms with Crippen LogP contribution in [-0.2, 0) is 9.59 Å². The van der Waals surface area contributed by atoms with Crippen LogP contribution in [0.5, 0.6) is 5.75 Å². The molecule has 1 aliphatic heterocycles. The lowest BCUT2D eigenvalue weighted by molar-refractivity contribution is -0.274. The Labute approximate surface area is 124 Å². The summed E-state index contributed by atoms with van der Waals surface area (Å²) in [6, 6.07) is 4.83. The highest BCUT2D eigenvalue weighted by molar-refractivity contribution is 5.92. The van der Waals surface area contributed by atoms with Crippen molar-refractivity contribution in [2.75, 3.05) is 31.5 Å². The standard InChI is InChI=1S/C13H14F3N3O3/c14-13(15,16)22-10-3-1-9(2-4-10)18-12(21)8-19-6-5-17-11(20)7-19/h1-4H,5-8H2,(H,17,20)(H,18,21). The minimum atomic E-state index is -4.75. The van der Waals surface area contributed by atoms with Crippen molar-refractivity contribution in [3.8, 4) is 5.75 Å². The Hall–Kier alpha value is -2.29. The van der Waals surface area contributed by atoms with Gasteiger partial charge in [-0.05, 0) is 24.3 Å². The first kappa shape index (κ1) is 16.1. The van der Waals surface area contributed by atoms with Crippen LogP contribution in [0.1, 0.15) is 0 Å². The second-order valence-electron chi connectivity index (χ2n) is 4.68. The third kappa shape index (κ3) is 5.24. The summed E-state index contributed by atoms with van der Waals surface area (Å²) < 4.78 is 39.8. The van der Waals surface area contributed by atoms with Gasteiger partial charge >= 0.3 is 6.36 Å². The Balaban J connectivity index is 1.85. The number of nitrogens with zero attached hydrogens (tertiary/aromatic N) is 1. The fourth-order valence-electron chi connectivity index (χ4n) is 1.97. The molecule has 22 heavy (non-hydrogen) atoms. The molecule has 1 saturated heterocycles. The average molecular weight is 317 g/mol. The number of rotatable bonds is 4. The van der Waals surface area contributed by atoms with Gasteiger partial charge in [-0.25, -0.2) is 0 Å². The second kappa shape index (κ2) is 6.65. The molecule has 1 aromatic carbocycles. The van der Waals surface area contributed by atoms with E-state index in [-0.39, 0.29) is 30.7 Å². The number of hydrogen-bond donors (Lipinski definition) is 2. The topological polar surface area (TPSA) is 70.7 Å². The van der Waals surface area contributed by atoms with Gasteiger partial charge in [-0.3, -0.25) is 14.5 Å². The van der Waals surface area contributed by atoms with Crippen LogP contribution in [0.15, 0.2) is 24.3 Å². The fraction of sp³-hybridized carbons (Fsp3) is 0.385. The molecule has 0 aliphatic carbocycles. The zero-order valence-corrected chi connectivity index (χ0v) is 11.4. The number of carbonyl (C=O) groups excluding carboxylic acids is 2. The molecule has 2 rings (SSSR count). The Bertz CT molecular complexity index is 546. The predicted molar refractivity (Wildman–Crippen MR) is 71.2 cm³/mol. The van der Waals surface area contributed by atoms with Gasteiger partial charge in [0.05, 0.1) is 13.1 Å². The molecule has 0 unspecified atom stereocenters. The van der Waals surface area contributed by atoms with E-state index in [9.17, 15) is 22.8 Å². The van der Waals surface area contributed by atoms with Crippen molar-refractivity contribution in [3.05, 3.63) is 24.3 Å². The molecule has 9 heteroatoms. The van der Waals surface area contributed by atoms with Crippen LogP contribution in [0, 0.1) is 0 Å². The summed E-state index contributed by atoms with van der Waals surface area (Å²) in [5.41, 5.74) is 0.348. The molecule has 0 atom stereocenters. The van der Waals surface area contributed by atoms with Crippen LogP contribution < -0.4 is 15.4 Å². The Morgan fingerprint density at radius 2 is 2.00 bits per heavy atom. The number of ether oxygens (including phenoxy) is 1. The van der Waals surface area contributed by atoms with Crippen molar-refractivity contribution < 1.29 is 27.5 Å². The zero-order chi connectivity index (χ0) is 16.2. The molecule has 2 N–H and O–H groups in total. The van der Waals surface area contributed by atoms with Gasteiger partial charge < -0.3 is 15.4 Å². The molecule has 1 fully saturated rings. The molecule has 0 aromatic heterocycles. The summed E-state index contributed by atoms with van der Waals surface area (Å²) in [6.07, 6.45) is -4.75. The smallest absolute Gasteiger partial charge is 0.406 e. The molecule has 0 spiro atoms. The van der Waals surface area contributed by atoms with E-state index in [2.05, 4.69) is 15.4 Å². The van der Waals surface area contributed by atoms with Crippen LogP contribution >= 0.6 is 0 Å². The lowest BCUT2D eigenvalue weighted by Gasteiger charge is -2.25. The van der Waals surface area contributed by atoms with Crippen LogP contribution in [0.25, 0.3) is 0 Å². The number of anilines is 1. The molecule has 1 aliphatic rings. The third-order valence-corrected chi connectivity index (χ3v) is 2.86. The maximum atomic E-state index is 12.0. The number of alkyl halides is 3. The van der Waals surface area contributed by atoms with Crippen LogP contribution in [0.4, 0.5) is 18.9 Å². The van der Waals surface area contributed by atoms with Gasteiger partial charge in [-0.2, -0.15) is 0 Å². The Morgan fingerprint density at radius 1 is 1.32 bits per heavy atom. The third-order valence-electron chi connectivity index (χ3n) is 2.86. The van der Waals surface area contributed by atoms with E-state index in [1.807, 2.05) is 0 Å². The first-order valence-corrected chi connectivity index (χ1v) is 6.46. The number of nitrogens with one attached hydrogen (secondary N) is 2. The maximum Gasteiger partial charge on any atom is 0.573 e. The largest absolute Gasteiger partial charge is 0.573 e. The van der Waals surface area contributed by atoms with E-state index >= 15 is 0 Å². The summed E-state index contributed by atoms with van der Waals surface area (Å²) in [6.45, 7) is 1.23. The first-order valence-electron chi connectivity index (χ1n) is 6.46. The SMILES string of the molecule is O=C1CN(CC(=O)Nc2ccc(OC(F)(F)F)cc2)CCN1. The molecule has 1 heterocycles. The Kier molecular flexibility index (Phi) is 4.86. The molecular weight excluding hydrogens is 303 g/mol. The van der Waals surface area contributed by atoms with Crippen LogP contribution in [0.2, 0.25) is 0 Å². The summed E-state index contributed by atoms with van der Waals surface area (Å²) in [4.78, 5) is 24.7. The van der Waals surface area contributed by atoms with Gasteiger partial charge in [-0.15, -0.1) is 13.2 Å². The van der Waals surface area contributed by atoms with E-state index in [1.54, 1.807) is 4.90 Å². The molecule has 2 amide bonds. The molecule has 1 aromatic rings. The van der Waals surface area contributed by atoms with Gasteiger partial charge in [0.25, 0.3) is 0 Å². The van der Waals surface area contributed by atoms with Gasteiger partial charge in [0.2, 0.25) is 11.8 Å². The summed E-state index contributed by atoms with van der Waals surface area (Å²) in [5.74, 6) is -0.856. The summed E-state index contributed by atoms with van der Waals surface area (Å²) in [5, 5.41) is 5.19. The molecule has 0 radical (unpaired) electrons. The number of hydrogen-bond acceptors (Lipinski definition) is 4. The van der Waals surface area contributed by atoms with Gasteiger partial charge in [0.15, 0.2) is 0 Å². The first-order chi connectivity index (χ1) is 10.3. The molecule has 6 nitrogen and oxygen atoms in total. The molecule has 0 saturated carbocycles. The predicted octanol–water partition coefficient (Wildman–Crippen LogP) is 0.955. The second-order valence-corrected chi connectivity index (χ2v) is 4.68. The van der Waals surface area contributed by atoms with Crippen molar-refractivity contribution >= 4 is 17.5 Å². The van der Waals surface area contributed by atoms with E-state index in [4.69, 9.17) is 0 Å².